The average Bonchev–Trinajstić information content (AvgIpc) is 2.18. The van der Waals surface area contributed by atoms with Gasteiger partial charge in [-0.1, -0.05) is 6.07 Å². The molecule has 0 radical (unpaired) electrons. The number of benzene rings is 1. The van der Waals surface area contributed by atoms with Crippen molar-refractivity contribution >= 4 is 10.4 Å². The Hall–Kier alpha value is -1.31. The van der Waals surface area contributed by atoms with Crippen molar-refractivity contribution in [2.24, 2.45) is 0 Å². The molecular weight excluding hydrogens is 236 g/mol. The number of hydrogen-bond acceptors (Lipinski definition) is 5. The van der Waals surface area contributed by atoms with Gasteiger partial charge in [0.15, 0.2) is 11.5 Å². The summed E-state index contributed by atoms with van der Waals surface area (Å²) in [7, 11) is -7.60. The second kappa shape index (κ2) is 5.15. The lowest BCUT2D eigenvalue weighted by Gasteiger charge is -2.09. The zero-order valence-corrected chi connectivity index (χ0v) is 8.90. The summed E-state index contributed by atoms with van der Waals surface area (Å²) in [4.78, 5) is 0. The minimum Gasteiger partial charge on any atom is -0.493 e. The molecule has 0 aliphatic heterocycles. The van der Waals surface area contributed by atoms with Crippen molar-refractivity contribution in [1.82, 2.24) is 0 Å². The summed E-state index contributed by atoms with van der Waals surface area (Å²) in [5.41, 5.74) is 0.518. The molecule has 0 atom stereocenters. The molecule has 0 saturated heterocycles. The van der Waals surface area contributed by atoms with Gasteiger partial charge in [-0.15, -0.1) is 0 Å². The van der Waals surface area contributed by atoms with Crippen LogP contribution in [-0.4, -0.2) is 31.7 Å². The van der Waals surface area contributed by atoms with Gasteiger partial charge in [-0.25, -0.2) is 0 Å². The maximum Gasteiger partial charge on any atom is 0.446 e. The minimum absolute atomic E-state index is 0.175. The quantitative estimate of drug-likeness (QED) is 0.736. The molecule has 0 bridgehead atoms. The van der Waals surface area contributed by atoms with Crippen LogP contribution >= 0.6 is 0 Å². The molecule has 0 amide bonds. The first-order valence-electron chi connectivity index (χ1n) is 5.70. The Morgan fingerprint density at radius 3 is 2.75 bits per heavy atom. The van der Waals surface area contributed by atoms with Crippen LogP contribution in [0.5, 0.6) is 11.5 Å². The summed E-state index contributed by atoms with van der Waals surface area (Å²) in [5.74, 6) is -0.830. The fourth-order valence-corrected chi connectivity index (χ4v) is 1.46. The van der Waals surface area contributed by atoms with Gasteiger partial charge in [0, 0.05) is 6.61 Å². The van der Waals surface area contributed by atoms with Gasteiger partial charge in [0.05, 0.1) is 11.2 Å². The Balaban J connectivity index is 3.14. The topological polar surface area (TPSA) is 93.1 Å². The molecule has 0 aliphatic rings. The molecule has 0 aromatic heterocycles. The maximum absolute atomic E-state index is 10.6. The van der Waals surface area contributed by atoms with E-state index in [-0.39, 0.29) is 18.8 Å². The molecule has 16 heavy (non-hydrogen) atoms. The monoisotopic (exact) mass is 251 g/mol. The van der Waals surface area contributed by atoms with E-state index < -0.39 is 23.2 Å². The molecule has 1 aromatic rings. The van der Waals surface area contributed by atoms with Crippen LogP contribution in [0.1, 0.15) is 9.68 Å². The van der Waals surface area contributed by atoms with Crippen molar-refractivity contribution in [3.63, 3.8) is 0 Å². The van der Waals surface area contributed by atoms with Crippen LogP contribution in [-0.2, 0) is 16.8 Å². The molecule has 0 spiro atoms. The molecule has 2 N–H and O–H groups in total. The SMILES string of the molecule is [2H]C([2H])([2H])Oc1cc(CCO)ccc1OS(=O)(=O)O. The number of ether oxygens (including phenoxy) is 1. The molecule has 7 heteroatoms. The zero-order chi connectivity index (χ0) is 14.7. The van der Waals surface area contributed by atoms with Crippen molar-refractivity contribution in [3.8, 4) is 11.5 Å². The predicted molar refractivity (Wildman–Crippen MR) is 56.0 cm³/mol. The molecule has 0 fully saturated rings. The molecule has 1 rings (SSSR count). The molecule has 0 saturated carbocycles. The first-order valence-corrected chi connectivity index (χ1v) is 5.57. The fourth-order valence-electron chi connectivity index (χ4n) is 1.10. The molecular formula is C9H12O6S. The highest BCUT2D eigenvalue weighted by Crippen LogP contribution is 2.29. The molecule has 0 unspecified atom stereocenters. The Bertz CT molecular complexity index is 539. The van der Waals surface area contributed by atoms with E-state index in [1.165, 1.54) is 12.1 Å². The number of aliphatic hydroxyl groups excluding tert-OH is 1. The van der Waals surface area contributed by atoms with Gasteiger partial charge in [0.1, 0.15) is 0 Å². The number of aliphatic hydroxyl groups is 1. The van der Waals surface area contributed by atoms with Crippen molar-refractivity contribution in [3.05, 3.63) is 23.8 Å². The summed E-state index contributed by atoms with van der Waals surface area (Å²) in [6.07, 6.45) is 0.226. The summed E-state index contributed by atoms with van der Waals surface area (Å²) >= 11 is 0. The standard InChI is InChI=1S/C9H12O6S/c1-14-9-6-7(4-5-10)2-3-8(9)15-16(11,12)13/h2-3,6,10H,4-5H2,1H3,(H,11,12,13)/i1D3. The maximum atomic E-state index is 10.6. The largest absolute Gasteiger partial charge is 0.493 e. The highest BCUT2D eigenvalue weighted by molar-refractivity contribution is 7.81. The van der Waals surface area contributed by atoms with Gasteiger partial charge >= 0.3 is 10.4 Å². The van der Waals surface area contributed by atoms with E-state index in [0.29, 0.717) is 5.56 Å². The van der Waals surface area contributed by atoms with Gasteiger partial charge in [-0.3, -0.25) is 4.55 Å². The van der Waals surface area contributed by atoms with E-state index >= 15 is 0 Å². The van der Waals surface area contributed by atoms with E-state index in [1.807, 2.05) is 0 Å². The smallest absolute Gasteiger partial charge is 0.446 e. The van der Waals surface area contributed by atoms with Crippen molar-refractivity contribution in [2.75, 3.05) is 13.6 Å². The van der Waals surface area contributed by atoms with Crippen molar-refractivity contribution in [1.29, 1.82) is 0 Å². The van der Waals surface area contributed by atoms with Crippen LogP contribution < -0.4 is 8.92 Å². The molecule has 0 heterocycles. The Morgan fingerprint density at radius 2 is 2.19 bits per heavy atom. The van der Waals surface area contributed by atoms with E-state index in [4.69, 9.17) is 13.8 Å². The second-order valence-corrected chi connectivity index (χ2v) is 3.89. The van der Waals surface area contributed by atoms with Gasteiger partial charge in [0.25, 0.3) is 0 Å². The van der Waals surface area contributed by atoms with Crippen LogP contribution in [0.3, 0.4) is 0 Å². The first-order chi connectivity index (χ1) is 8.61. The lowest BCUT2D eigenvalue weighted by atomic mass is 10.1. The Kier molecular flexibility index (Phi) is 2.83. The fraction of sp³-hybridized carbons (Fsp3) is 0.333. The summed E-state index contributed by atoms with van der Waals surface area (Å²) in [6.45, 7) is -0.175. The van der Waals surface area contributed by atoms with Crippen LogP contribution in [0.4, 0.5) is 0 Å². The van der Waals surface area contributed by atoms with E-state index in [2.05, 4.69) is 8.92 Å². The second-order valence-electron chi connectivity index (χ2n) is 2.87. The van der Waals surface area contributed by atoms with E-state index in [0.717, 1.165) is 6.07 Å². The summed E-state index contributed by atoms with van der Waals surface area (Å²) < 4.78 is 59.5. The number of rotatable bonds is 5. The number of methoxy groups -OCH3 is 1. The molecule has 1 aromatic carbocycles. The lowest BCUT2D eigenvalue weighted by molar-refractivity contribution is 0.299. The molecule has 0 aliphatic carbocycles. The van der Waals surface area contributed by atoms with Crippen LogP contribution in [0.25, 0.3) is 0 Å². The van der Waals surface area contributed by atoms with Gasteiger partial charge in [0.2, 0.25) is 0 Å². The Labute approximate surface area is 97.6 Å². The van der Waals surface area contributed by atoms with Gasteiger partial charge in [-0.05, 0) is 24.1 Å². The van der Waals surface area contributed by atoms with Crippen molar-refractivity contribution in [2.45, 2.75) is 6.42 Å². The normalized spacial score (nSPS) is 14.8. The third-order valence-electron chi connectivity index (χ3n) is 1.71. The average molecular weight is 251 g/mol. The van der Waals surface area contributed by atoms with E-state index in [9.17, 15) is 8.42 Å². The van der Waals surface area contributed by atoms with Crippen LogP contribution in [0.15, 0.2) is 18.2 Å². The lowest BCUT2D eigenvalue weighted by Crippen LogP contribution is -2.07. The Morgan fingerprint density at radius 1 is 1.44 bits per heavy atom. The highest BCUT2D eigenvalue weighted by atomic mass is 32.3. The third kappa shape index (κ3) is 3.69. The van der Waals surface area contributed by atoms with Crippen LogP contribution in [0, 0.1) is 0 Å². The molecule has 6 nitrogen and oxygen atoms in total. The van der Waals surface area contributed by atoms with Crippen LogP contribution in [0.2, 0.25) is 0 Å². The van der Waals surface area contributed by atoms with Gasteiger partial charge in [-0.2, -0.15) is 8.42 Å². The third-order valence-corrected chi connectivity index (χ3v) is 2.10. The minimum atomic E-state index is -4.79. The van der Waals surface area contributed by atoms with E-state index in [1.54, 1.807) is 0 Å². The first kappa shape index (κ1) is 8.80. The molecule has 90 valence electrons. The number of hydrogen-bond donors (Lipinski definition) is 2. The summed E-state index contributed by atoms with van der Waals surface area (Å²) in [6, 6.07) is 3.74. The predicted octanol–water partition coefficient (Wildman–Crippen LogP) is 0.412. The van der Waals surface area contributed by atoms with Crippen molar-refractivity contribution < 1.29 is 31.1 Å². The van der Waals surface area contributed by atoms with Gasteiger partial charge < -0.3 is 14.0 Å². The summed E-state index contributed by atoms with van der Waals surface area (Å²) in [5, 5.41) is 8.78. The zero-order valence-electron chi connectivity index (χ0n) is 11.1. The highest BCUT2D eigenvalue weighted by Gasteiger charge is 2.12.